The van der Waals surface area contributed by atoms with E-state index in [9.17, 15) is 4.79 Å². The Balaban J connectivity index is 2.63. The fourth-order valence-electron chi connectivity index (χ4n) is 1.55. The van der Waals surface area contributed by atoms with Crippen LogP contribution in [0.25, 0.3) is 0 Å². The molecule has 4 heteroatoms. The van der Waals surface area contributed by atoms with Gasteiger partial charge in [0.1, 0.15) is 5.15 Å². The van der Waals surface area contributed by atoms with Crippen LogP contribution in [-0.2, 0) is 6.42 Å². The minimum atomic E-state index is 0.0791. The molecule has 1 aliphatic carbocycles. The van der Waals surface area contributed by atoms with E-state index in [0.29, 0.717) is 22.2 Å². The number of carbonyl (C=O) groups is 1. The summed E-state index contributed by atoms with van der Waals surface area (Å²) in [6, 6.07) is 1.52. The second-order valence-electron chi connectivity index (χ2n) is 3.03. The number of nitrogens with zero attached hydrogens (tertiary/aromatic N) is 1. The van der Waals surface area contributed by atoms with Crippen LogP contribution in [0, 0.1) is 0 Å². The molecule has 0 saturated carbocycles. The van der Waals surface area contributed by atoms with Crippen molar-refractivity contribution in [3.05, 3.63) is 27.5 Å². The van der Waals surface area contributed by atoms with E-state index >= 15 is 0 Å². The Bertz CT molecular complexity index is 376. The summed E-state index contributed by atoms with van der Waals surface area (Å²) in [5, 5.41) is 0.790. The number of hydrogen-bond acceptors (Lipinski definition) is 2. The maximum Gasteiger partial charge on any atom is 0.166 e. The quantitative estimate of drug-likeness (QED) is 0.624. The van der Waals surface area contributed by atoms with Crippen LogP contribution in [0.3, 0.4) is 0 Å². The lowest BCUT2D eigenvalue weighted by Gasteiger charge is -2.14. The molecule has 0 aliphatic heterocycles. The largest absolute Gasteiger partial charge is 0.294 e. The van der Waals surface area contributed by atoms with Crippen LogP contribution in [0.1, 0.15) is 28.9 Å². The van der Waals surface area contributed by atoms with Crippen LogP contribution in [0.15, 0.2) is 6.07 Å². The zero-order valence-electron chi connectivity index (χ0n) is 6.81. The first-order valence-electron chi connectivity index (χ1n) is 4.06. The highest BCUT2D eigenvalue weighted by molar-refractivity contribution is 6.36. The Morgan fingerprint density at radius 2 is 2.08 bits per heavy atom. The Hall–Kier alpha value is -0.600. The molecule has 0 unspecified atom stereocenters. The third-order valence-electron chi connectivity index (χ3n) is 2.11. The number of aromatic nitrogens is 1. The van der Waals surface area contributed by atoms with Crippen molar-refractivity contribution in [1.82, 2.24) is 4.98 Å². The van der Waals surface area contributed by atoms with Crippen molar-refractivity contribution in [3.8, 4) is 0 Å². The maximum atomic E-state index is 11.5. The van der Waals surface area contributed by atoms with Crippen LogP contribution >= 0.6 is 23.2 Å². The second kappa shape index (κ2) is 3.28. The lowest BCUT2D eigenvalue weighted by Crippen LogP contribution is -2.13. The number of pyridine rings is 1. The molecule has 13 heavy (non-hydrogen) atoms. The third-order valence-corrected chi connectivity index (χ3v) is 2.60. The van der Waals surface area contributed by atoms with Crippen molar-refractivity contribution in [1.29, 1.82) is 0 Å². The summed E-state index contributed by atoms with van der Waals surface area (Å²) in [6.45, 7) is 0. The Morgan fingerprint density at radius 3 is 2.85 bits per heavy atom. The smallest absolute Gasteiger partial charge is 0.166 e. The molecule has 0 N–H and O–H groups in total. The summed E-state index contributed by atoms with van der Waals surface area (Å²) in [7, 11) is 0. The van der Waals surface area contributed by atoms with E-state index in [4.69, 9.17) is 23.2 Å². The highest BCUT2D eigenvalue weighted by Crippen LogP contribution is 2.28. The molecular weight excluding hydrogens is 209 g/mol. The summed E-state index contributed by atoms with van der Waals surface area (Å²) in [4.78, 5) is 15.5. The molecule has 68 valence electrons. The van der Waals surface area contributed by atoms with Crippen molar-refractivity contribution in [2.75, 3.05) is 0 Å². The number of rotatable bonds is 0. The summed E-state index contributed by atoms with van der Waals surface area (Å²) < 4.78 is 0. The fraction of sp³-hybridized carbons (Fsp3) is 0.333. The van der Waals surface area contributed by atoms with E-state index in [0.717, 1.165) is 18.5 Å². The minimum Gasteiger partial charge on any atom is -0.294 e. The number of carbonyl (C=O) groups excluding carboxylic acids is 1. The molecule has 2 nitrogen and oxygen atoms in total. The van der Waals surface area contributed by atoms with E-state index in [-0.39, 0.29) is 5.78 Å². The van der Waals surface area contributed by atoms with Crippen molar-refractivity contribution < 1.29 is 4.79 Å². The molecule has 0 radical (unpaired) electrons. The Morgan fingerprint density at radius 1 is 1.31 bits per heavy atom. The normalized spacial score (nSPS) is 15.7. The van der Waals surface area contributed by atoms with Gasteiger partial charge in [0.15, 0.2) is 5.78 Å². The number of fused-ring (bicyclic) bond motifs is 1. The van der Waals surface area contributed by atoms with E-state index in [2.05, 4.69) is 4.98 Å². The number of aryl methyl sites for hydroxylation is 1. The molecule has 0 spiro atoms. The fourth-order valence-corrected chi connectivity index (χ4v) is 2.13. The molecular formula is C9H7Cl2NO. The van der Waals surface area contributed by atoms with Crippen LogP contribution < -0.4 is 0 Å². The number of halogens is 2. The van der Waals surface area contributed by atoms with Crippen LogP contribution in [0.2, 0.25) is 10.2 Å². The van der Waals surface area contributed by atoms with Gasteiger partial charge in [-0.05, 0) is 18.9 Å². The standard InChI is InChI=1S/C9H7Cl2NO/c10-5-4-8(11)12-6-2-1-3-7(13)9(5)6/h4H,1-3H2. The SMILES string of the molecule is O=C1CCCc2nc(Cl)cc(Cl)c21. The first-order valence-corrected chi connectivity index (χ1v) is 4.82. The first-order chi connectivity index (χ1) is 6.18. The van der Waals surface area contributed by atoms with E-state index < -0.39 is 0 Å². The van der Waals surface area contributed by atoms with Gasteiger partial charge in [0.05, 0.1) is 16.3 Å². The highest BCUT2D eigenvalue weighted by atomic mass is 35.5. The number of Topliss-reactive ketones (excluding diaryl/α,β-unsaturated/α-hetero) is 1. The van der Waals surface area contributed by atoms with Crippen LogP contribution in [0.5, 0.6) is 0 Å². The van der Waals surface area contributed by atoms with Crippen molar-refractivity contribution in [3.63, 3.8) is 0 Å². The zero-order chi connectivity index (χ0) is 9.42. The molecule has 0 fully saturated rings. The van der Waals surface area contributed by atoms with Gasteiger partial charge in [0, 0.05) is 6.42 Å². The van der Waals surface area contributed by atoms with Crippen molar-refractivity contribution in [2.45, 2.75) is 19.3 Å². The lowest BCUT2D eigenvalue weighted by molar-refractivity contribution is 0.0972. The summed E-state index contributed by atoms with van der Waals surface area (Å²) in [5.74, 6) is 0.0791. The topological polar surface area (TPSA) is 30.0 Å². The summed E-state index contributed by atoms with van der Waals surface area (Å²) >= 11 is 11.6. The molecule has 1 aromatic rings. The molecule has 0 amide bonds. The van der Waals surface area contributed by atoms with Gasteiger partial charge in [-0.15, -0.1) is 0 Å². The molecule has 0 saturated heterocycles. The van der Waals surface area contributed by atoms with Gasteiger partial charge >= 0.3 is 0 Å². The molecule has 1 aliphatic rings. The van der Waals surface area contributed by atoms with Gasteiger partial charge in [-0.3, -0.25) is 4.79 Å². The van der Waals surface area contributed by atoms with Gasteiger partial charge in [0.25, 0.3) is 0 Å². The van der Waals surface area contributed by atoms with Gasteiger partial charge in [-0.2, -0.15) is 0 Å². The van der Waals surface area contributed by atoms with Gasteiger partial charge in [0.2, 0.25) is 0 Å². The van der Waals surface area contributed by atoms with Gasteiger partial charge in [-0.25, -0.2) is 4.98 Å². The average molecular weight is 216 g/mol. The monoisotopic (exact) mass is 215 g/mol. The maximum absolute atomic E-state index is 11.5. The second-order valence-corrected chi connectivity index (χ2v) is 3.82. The Kier molecular flexibility index (Phi) is 2.26. The highest BCUT2D eigenvalue weighted by Gasteiger charge is 2.21. The average Bonchev–Trinajstić information content (AvgIpc) is 2.02. The van der Waals surface area contributed by atoms with Crippen molar-refractivity contribution >= 4 is 29.0 Å². The Labute approximate surface area is 85.9 Å². The van der Waals surface area contributed by atoms with Crippen molar-refractivity contribution in [2.24, 2.45) is 0 Å². The number of hydrogen-bond donors (Lipinski definition) is 0. The lowest BCUT2D eigenvalue weighted by atomic mass is 9.95. The molecule has 1 heterocycles. The predicted molar refractivity (Wildman–Crippen MR) is 51.5 cm³/mol. The van der Waals surface area contributed by atoms with Crippen LogP contribution in [0.4, 0.5) is 0 Å². The first kappa shape index (κ1) is 8.97. The van der Waals surface area contributed by atoms with Crippen LogP contribution in [-0.4, -0.2) is 10.8 Å². The molecule has 0 atom stereocenters. The molecule has 0 bridgehead atoms. The summed E-state index contributed by atoms with van der Waals surface area (Å²) in [6.07, 6.45) is 2.20. The number of ketones is 1. The predicted octanol–water partition coefficient (Wildman–Crippen LogP) is 2.91. The minimum absolute atomic E-state index is 0.0791. The zero-order valence-corrected chi connectivity index (χ0v) is 8.32. The van der Waals surface area contributed by atoms with E-state index in [1.807, 2.05) is 0 Å². The van der Waals surface area contributed by atoms with Gasteiger partial charge < -0.3 is 0 Å². The molecule has 2 rings (SSSR count). The molecule has 1 aromatic heterocycles. The van der Waals surface area contributed by atoms with Gasteiger partial charge in [-0.1, -0.05) is 23.2 Å². The summed E-state index contributed by atoms with van der Waals surface area (Å²) in [5.41, 5.74) is 1.31. The van der Waals surface area contributed by atoms with E-state index in [1.165, 1.54) is 6.07 Å². The van der Waals surface area contributed by atoms with E-state index in [1.54, 1.807) is 0 Å². The molecule has 0 aromatic carbocycles. The third kappa shape index (κ3) is 1.56.